The zero-order valence-corrected chi connectivity index (χ0v) is 17.6. The van der Waals surface area contributed by atoms with Gasteiger partial charge in [0.15, 0.2) is 5.78 Å². The van der Waals surface area contributed by atoms with Crippen molar-refractivity contribution < 1.29 is 9.59 Å². The minimum Gasteiger partial charge on any atom is -0.355 e. The highest BCUT2D eigenvalue weighted by Gasteiger charge is 2.37. The molecule has 1 aliphatic carbocycles. The fourth-order valence-corrected chi connectivity index (χ4v) is 3.89. The second kappa shape index (κ2) is 7.79. The molecule has 4 rings (SSSR count). The maximum absolute atomic E-state index is 12.6. The van der Waals surface area contributed by atoms with Gasteiger partial charge in [0.1, 0.15) is 0 Å². The van der Waals surface area contributed by atoms with Crippen molar-refractivity contribution in [3.05, 3.63) is 94.5 Å². The summed E-state index contributed by atoms with van der Waals surface area (Å²) >= 11 is 0. The van der Waals surface area contributed by atoms with Crippen molar-refractivity contribution in [3.8, 4) is 0 Å². The summed E-state index contributed by atoms with van der Waals surface area (Å²) in [7, 11) is 0. The molecule has 4 heteroatoms. The summed E-state index contributed by atoms with van der Waals surface area (Å²) in [4.78, 5) is 25.1. The molecule has 152 valence electrons. The quantitative estimate of drug-likeness (QED) is 0.602. The monoisotopic (exact) mass is 398 g/mol. The van der Waals surface area contributed by atoms with Gasteiger partial charge in [-0.1, -0.05) is 50.2 Å². The van der Waals surface area contributed by atoms with Gasteiger partial charge in [-0.05, 0) is 60.4 Å². The van der Waals surface area contributed by atoms with Crippen molar-refractivity contribution in [1.82, 2.24) is 5.32 Å². The third kappa shape index (κ3) is 3.99. The lowest BCUT2D eigenvalue weighted by Gasteiger charge is -2.13. The van der Waals surface area contributed by atoms with Crippen LogP contribution >= 0.6 is 0 Å². The Hall–Kier alpha value is -3.40. The summed E-state index contributed by atoms with van der Waals surface area (Å²) in [6.45, 7) is 6.48. The van der Waals surface area contributed by atoms with Crippen molar-refractivity contribution in [2.45, 2.75) is 33.7 Å². The number of ketones is 1. The van der Waals surface area contributed by atoms with E-state index >= 15 is 0 Å². The molecule has 1 aliphatic rings. The van der Waals surface area contributed by atoms with E-state index in [2.05, 4.69) is 10.6 Å². The summed E-state index contributed by atoms with van der Waals surface area (Å²) < 4.78 is 0. The molecule has 0 saturated carbocycles. The van der Waals surface area contributed by atoms with Crippen LogP contribution in [0.2, 0.25) is 0 Å². The molecular weight excluding hydrogens is 372 g/mol. The Bertz CT molecular complexity index is 1120. The molecular formula is C26H26N2O2. The molecule has 0 fully saturated rings. The second-order valence-electron chi connectivity index (χ2n) is 8.58. The Morgan fingerprint density at radius 2 is 1.77 bits per heavy atom. The van der Waals surface area contributed by atoms with Crippen LogP contribution in [-0.2, 0) is 13.0 Å². The third-order valence-electron chi connectivity index (χ3n) is 5.67. The number of amides is 1. The first-order valence-electron chi connectivity index (χ1n) is 10.2. The van der Waals surface area contributed by atoms with Gasteiger partial charge in [-0.2, -0.15) is 0 Å². The number of fused-ring (bicyclic) bond motifs is 1. The number of carbonyl (C=O) groups excluding carboxylic acids is 2. The van der Waals surface area contributed by atoms with Crippen molar-refractivity contribution >= 4 is 23.1 Å². The molecule has 0 spiro atoms. The molecule has 0 radical (unpaired) electrons. The number of hydrogen-bond donors (Lipinski definition) is 2. The van der Waals surface area contributed by atoms with Gasteiger partial charge >= 0.3 is 0 Å². The number of rotatable bonds is 5. The van der Waals surface area contributed by atoms with E-state index in [0.29, 0.717) is 12.1 Å². The predicted octanol–water partition coefficient (Wildman–Crippen LogP) is 5.43. The molecule has 0 bridgehead atoms. The lowest BCUT2D eigenvalue weighted by molar-refractivity contribution is 0.0863. The number of hydrogen-bond acceptors (Lipinski definition) is 3. The molecule has 0 aliphatic heterocycles. The van der Waals surface area contributed by atoms with Gasteiger partial charge in [0.2, 0.25) is 0 Å². The van der Waals surface area contributed by atoms with E-state index in [0.717, 1.165) is 40.0 Å². The molecule has 4 nitrogen and oxygen atoms in total. The molecule has 30 heavy (non-hydrogen) atoms. The zero-order chi connectivity index (χ0) is 21.3. The van der Waals surface area contributed by atoms with E-state index in [1.54, 1.807) is 0 Å². The lowest BCUT2D eigenvalue weighted by Crippen LogP contribution is -2.22. The molecule has 2 N–H and O–H groups in total. The fraction of sp³-hybridized carbons (Fsp3) is 0.231. The van der Waals surface area contributed by atoms with Gasteiger partial charge in [0, 0.05) is 34.5 Å². The molecule has 3 aromatic carbocycles. The summed E-state index contributed by atoms with van der Waals surface area (Å²) in [5, 5.41) is 6.39. The van der Waals surface area contributed by atoms with Crippen molar-refractivity contribution in [1.29, 1.82) is 0 Å². The Labute approximate surface area is 177 Å². The number of benzene rings is 3. The predicted molar refractivity (Wildman–Crippen MR) is 120 cm³/mol. The lowest BCUT2D eigenvalue weighted by atomic mass is 9.89. The van der Waals surface area contributed by atoms with Crippen LogP contribution in [0.3, 0.4) is 0 Å². The summed E-state index contributed by atoms with van der Waals surface area (Å²) in [6, 6.07) is 21.4. The van der Waals surface area contributed by atoms with Crippen LogP contribution in [-0.4, -0.2) is 11.7 Å². The van der Waals surface area contributed by atoms with Crippen LogP contribution in [0, 0.1) is 12.3 Å². The number of Topliss-reactive ketones (excluding diaryl/α,β-unsaturated/α-hetero) is 1. The topological polar surface area (TPSA) is 58.2 Å². The first-order valence-corrected chi connectivity index (χ1v) is 10.2. The van der Waals surface area contributed by atoms with Gasteiger partial charge in [0.25, 0.3) is 5.91 Å². The van der Waals surface area contributed by atoms with Gasteiger partial charge in [-0.25, -0.2) is 0 Å². The number of anilines is 2. The highest BCUT2D eigenvalue weighted by Crippen LogP contribution is 2.37. The average Bonchev–Trinajstić information content (AvgIpc) is 2.96. The van der Waals surface area contributed by atoms with Gasteiger partial charge in [-0.3, -0.25) is 9.59 Å². The van der Waals surface area contributed by atoms with Gasteiger partial charge in [0.05, 0.1) is 0 Å². The summed E-state index contributed by atoms with van der Waals surface area (Å²) in [5.74, 6) is 0.0977. The molecule has 3 aromatic rings. The zero-order valence-electron chi connectivity index (χ0n) is 17.6. The van der Waals surface area contributed by atoms with E-state index in [1.807, 2.05) is 87.5 Å². The largest absolute Gasteiger partial charge is 0.355 e. The van der Waals surface area contributed by atoms with Gasteiger partial charge < -0.3 is 10.6 Å². The summed E-state index contributed by atoms with van der Waals surface area (Å²) in [6.07, 6.45) is 0.748. The van der Waals surface area contributed by atoms with Crippen LogP contribution < -0.4 is 10.6 Å². The Morgan fingerprint density at radius 3 is 2.53 bits per heavy atom. The Morgan fingerprint density at radius 1 is 1.00 bits per heavy atom. The fourth-order valence-electron chi connectivity index (χ4n) is 3.89. The summed E-state index contributed by atoms with van der Waals surface area (Å²) in [5.41, 5.74) is 6.07. The van der Waals surface area contributed by atoms with E-state index in [9.17, 15) is 9.59 Å². The number of nitrogens with one attached hydrogen (secondary N) is 2. The van der Waals surface area contributed by atoms with Crippen molar-refractivity contribution in [2.24, 2.45) is 5.41 Å². The van der Waals surface area contributed by atoms with E-state index in [1.165, 1.54) is 0 Å². The van der Waals surface area contributed by atoms with Crippen LogP contribution in [0.4, 0.5) is 11.4 Å². The molecule has 0 aromatic heterocycles. The minimum atomic E-state index is -0.340. The van der Waals surface area contributed by atoms with Crippen LogP contribution in [0.1, 0.15) is 51.3 Å². The van der Waals surface area contributed by atoms with Crippen molar-refractivity contribution in [3.63, 3.8) is 0 Å². The van der Waals surface area contributed by atoms with Gasteiger partial charge in [-0.15, -0.1) is 0 Å². The maximum Gasteiger partial charge on any atom is 0.251 e. The highest BCUT2D eigenvalue weighted by molar-refractivity contribution is 6.04. The smallest absolute Gasteiger partial charge is 0.251 e. The maximum atomic E-state index is 12.6. The van der Waals surface area contributed by atoms with Crippen molar-refractivity contribution in [2.75, 3.05) is 5.32 Å². The second-order valence-corrected chi connectivity index (χ2v) is 8.58. The molecule has 0 heterocycles. The van der Waals surface area contributed by atoms with Crippen LogP contribution in [0.25, 0.3) is 0 Å². The first-order chi connectivity index (χ1) is 14.3. The SMILES string of the molecule is Cc1ccc(C(=O)NCc2ccccc2)cc1Nc1ccc2c(c1)CC(C)(C)C2=O. The Kier molecular flexibility index (Phi) is 5.17. The standard InChI is InChI=1S/C26H26N2O2/c1-17-9-10-19(25(30)27-16-18-7-5-4-6-8-18)14-23(17)28-21-11-12-22-20(13-21)15-26(2,3)24(22)29/h4-14,28H,15-16H2,1-3H3,(H,27,30). The first kappa shape index (κ1) is 19.9. The van der Waals surface area contributed by atoms with E-state index in [4.69, 9.17) is 0 Å². The average molecular weight is 399 g/mol. The molecule has 0 atom stereocenters. The van der Waals surface area contributed by atoms with E-state index < -0.39 is 0 Å². The third-order valence-corrected chi connectivity index (χ3v) is 5.67. The minimum absolute atomic E-state index is 0.108. The number of carbonyl (C=O) groups is 2. The normalized spacial score (nSPS) is 14.3. The van der Waals surface area contributed by atoms with E-state index in [-0.39, 0.29) is 17.1 Å². The Balaban J connectivity index is 1.50. The highest BCUT2D eigenvalue weighted by atomic mass is 16.1. The number of aryl methyl sites for hydroxylation is 1. The van der Waals surface area contributed by atoms with Crippen LogP contribution in [0.5, 0.6) is 0 Å². The molecule has 0 saturated heterocycles. The molecule has 0 unspecified atom stereocenters. The molecule has 1 amide bonds. The van der Waals surface area contributed by atoms with Crippen LogP contribution in [0.15, 0.2) is 66.7 Å².